The van der Waals surface area contributed by atoms with E-state index in [2.05, 4.69) is 10.6 Å². The molecule has 1 heterocycles. The molecule has 0 fully saturated rings. The lowest BCUT2D eigenvalue weighted by molar-refractivity contribution is -0.119. The number of benzene rings is 2. The largest absolute Gasteiger partial charge is 0.484 e. The van der Waals surface area contributed by atoms with Crippen LogP contribution >= 0.6 is 11.6 Å². The van der Waals surface area contributed by atoms with Crippen LogP contribution in [0, 0.1) is 5.82 Å². The van der Waals surface area contributed by atoms with E-state index in [0.717, 1.165) is 22.5 Å². The summed E-state index contributed by atoms with van der Waals surface area (Å²) in [5.41, 5.74) is -0.308. The van der Waals surface area contributed by atoms with Gasteiger partial charge in [0.2, 0.25) is 5.91 Å². The van der Waals surface area contributed by atoms with E-state index in [1.54, 1.807) is 20.8 Å². The molecular formula is C22H25ClFN3O6S. The second kappa shape index (κ2) is 9.67. The predicted molar refractivity (Wildman–Crippen MR) is 125 cm³/mol. The third-order valence-corrected chi connectivity index (χ3v) is 6.66. The molecule has 2 aromatic carbocycles. The van der Waals surface area contributed by atoms with Gasteiger partial charge < -0.3 is 14.8 Å². The van der Waals surface area contributed by atoms with Crippen LogP contribution in [-0.4, -0.2) is 45.2 Å². The van der Waals surface area contributed by atoms with Gasteiger partial charge in [-0.25, -0.2) is 17.6 Å². The Balaban J connectivity index is 2.00. The molecule has 1 aliphatic rings. The summed E-state index contributed by atoms with van der Waals surface area (Å²) >= 11 is 5.82. The van der Waals surface area contributed by atoms with Gasteiger partial charge in [-0.1, -0.05) is 11.6 Å². The van der Waals surface area contributed by atoms with Gasteiger partial charge in [-0.15, -0.1) is 0 Å². The van der Waals surface area contributed by atoms with Gasteiger partial charge in [0.05, 0.1) is 28.7 Å². The molecule has 1 unspecified atom stereocenters. The molecule has 1 atom stereocenters. The highest BCUT2D eigenvalue weighted by molar-refractivity contribution is 7.92. The Labute approximate surface area is 202 Å². The van der Waals surface area contributed by atoms with Crippen molar-refractivity contribution in [2.75, 3.05) is 22.7 Å². The number of nitrogens with one attached hydrogen (secondary N) is 2. The van der Waals surface area contributed by atoms with Crippen molar-refractivity contribution in [3.8, 4) is 5.75 Å². The zero-order valence-electron chi connectivity index (χ0n) is 19.0. The first-order valence-electron chi connectivity index (χ1n) is 10.3. The number of carbonyl (C=O) groups is 2. The zero-order chi connectivity index (χ0) is 25.3. The summed E-state index contributed by atoms with van der Waals surface area (Å²) in [6.07, 6.45) is -1.42. The Hall–Kier alpha value is -3.05. The molecule has 2 amide bonds. The van der Waals surface area contributed by atoms with Crippen LogP contribution in [-0.2, 0) is 19.6 Å². The first-order valence-corrected chi connectivity index (χ1v) is 12.1. The summed E-state index contributed by atoms with van der Waals surface area (Å²) in [4.78, 5) is 23.3. The fraction of sp³-hybridized carbons (Fsp3) is 0.364. The molecule has 3 rings (SSSR count). The number of anilines is 2. The molecule has 0 bridgehead atoms. The second-order valence-corrected chi connectivity index (χ2v) is 10.9. The molecule has 0 aliphatic carbocycles. The molecule has 1 aliphatic heterocycles. The number of hydrogen-bond acceptors (Lipinski definition) is 6. The predicted octanol–water partition coefficient (Wildman–Crippen LogP) is 3.92. The molecule has 0 saturated heterocycles. The summed E-state index contributed by atoms with van der Waals surface area (Å²) in [5, 5.41) is 4.82. The number of ether oxygens (including phenoxy) is 2. The SMILES string of the molecule is CC(=O)NCC1CN(S(=O)(=O)c2ccc(F)c(Cl)c2)c2cc(NC(=O)OC(C)(C)C)ccc2O1. The van der Waals surface area contributed by atoms with Crippen LogP contribution in [0.3, 0.4) is 0 Å². The number of nitrogens with zero attached hydrogens (tertiary/aromatic N) is 1. The van der Waals surface area contributed by atoms with Gasteiger partial charge in [0.25, 0.3) is 10.0 Å². The van der Waals surface area contributed by atoms with E-state index in [-0.39, 0.29) is 46.0 Å². The summed E-state index contributed by atoms with van der Waals surface area (Å²) in [6, 6.07) is 7.55. The van der Waals surface area contributed by atoms with Crippen molar-refractivity contribution < 1.29 is 31.9 Å². The minimum Gasteiger partial charge on any atom is -0.484 e. The summed E-state index contributed by atoms with van der Waals surface area (Å²) in [6.45, 7) is 6.38. The van der Waals surface area contributed by atoms with Crippen LogP contribution in [0.25, 0.3) is 0 Å². The lowest BCUT2D eigenvalue weighted by Crippen LogP contribution is -2.48. The smallest absolute Gasteiger partial charge is 0.412 e. The molecule has 0 radical (unpaired) electrons. The third kappa shape index (κ3) is 6.09. The first kappa shape index (κ1) is 25.6. The van der Waals surface area contributed by atoms with E-state index in [1.165, 1.54) is 25.1 Å². The zero-order valence-corrected chi connectivity index (χ0v) is 20.6. The average Bonchev–Trinajstić information content (AvgIpc) is 2.72. The Morgan fingerprint density at radius 1 is 1.24 bits per heavy atom. The Morgan fingerprint density at radius 2 is 1.94 bits per heavy atom. The van der Waals surface area contributed by atoms with Crippen LogP contribution in [0.15, 0.2) is 41.3 Å². The Morgan fingerprint density at radius 3 is 2.56 bits per heavy atom. The van der Waals surface area contributed by atoms with Gasteiger partial charge in [0, 0.05) is 12.6 Å². The molecule has 12 heteroatoms. The van der Waals surface area contributed by atoms with Gasteiger partial charge in [0.1, 0.15) is 23.3 Å². The lowest BCUT2D eigenvalue weighted by Gasteiger charge is -2.35. The number of rotatable bonds is 5. The lowest BCUT2D eigenvalue weighted by atomic mass is 10.2. The van der Waals surface area contributed by atoms with E-state index in [9.17, 15) is 22.4 Å². The molecule has 0 spiro atoms. The molecular weight excluding hydrogens is 489 g/mol. The molecule has 2 N–H and O–H groups in total. The van der Waals surface area contributed by atoms with E-state index >= 15 is 0 Å². The minimum atomic E-state index is -4.21. The van der Waals surface area contributed by atoms with Gasteiger partial charge in [-0.3, -0.25) is 14.4 Å². The van der Waals surface area contributed by atoms with Gasteiger partial charge >= 0.3 is 6.09 Å². The maximum atomic E-state index is 13.6. The number of amides is 2. The van der Waals surface area contributed by atoms with Gasteiger partial charge in [-0.05, 0) is 57.2 Å². The Kier molecular flexibility index (Phi) is 7.27. The molecule has 34 heavy (non-hydrogen) atoms. The van der Waals surface area contributed by atoms with Gasteiger partial charge in [-0.2, -0.15) is 0 Å². The van der Waals surface area contributed by atoms with E-state index in [1.807, 2.05) is 0 Å². The van der Waals surface area contributed by atoms with E-state index < -0.39 is 33.6 Å². The maximum Gasteiger partial charge on any atom is 0.412 e. The summed E-state index contributed by atoms with van der Waals surface area (Å²) in [5.74, 6) is -0.838. The monoisotopic (exact) mass is 513 g/mol. The number of halogens is 2. The fourth-order valence-electron chi connectivity index (χ4n) is 3.17. The first-order chi connectivity index (χ1) is 15.8. The van der Waals surface area contributed by atoms with Crippen molar-refractivity contribution in [1.29, 1.82) is 0 Å². The number of hydrogen-bond donors (Lipinski definition) is 2. The molecule has 9 nitrogen and oxygen atoms in total. The highest BCUT2D eigenvalue weighted by atomic mass is 35.5. The Bertz CT molecular complexity index is 1220. The maximum absolute atomic E-state index is 13.6. The summed E-state index contributed by atoms with van der Waals surface area (Å²) < 4.78 is 52.9. The molecule has 2 aromatic rings. The molecule has 184 valence electrons. The fourth-order valence-corrected chi connectivity index (χ4v) is 4.94. The van der Waals surface area contributed by atoms with Crippen LogP contribution in [0.1, 0.15) is 27.7 Å². The topological polar surface area (TPSA) is 114 Å². The van der Waals surface area contributed by atoms with Crippen LogP contribution < -0.4 is 19.7 Å². The molecule has 0 aromatic heterocycles. The van der Waals surface area contributed by atoms with Gasteiger partial charge in [0.15, 0.2) is 0 Å². The quantitative estimate of drug-likeness (QED) is 0.626. The highest BCUT2D eigenvalue weighted by Gasteiger charge is 2.35. The highest BCUT2D eigenvalue weighted by Crippen LogP contribution is 2.39. The van der Waals surface area contributed by atoms with Crippen molar-refractivity contribution in [1.82, 2.24) is 5.32 Å². The summed E-state index contributed by atoms with van der Waals surface area (Å²) in [7, 11) is -4.21. The minimum absolute atomic E-state index is 0.0584. The standard InChI is InChI=1S/C22H25ClFN3O6S/c1-13(28)25-11-15-12-27(34(30,31)16-6-7-18(24)17(23)10-16)19-9-14(5-8-20(19)32-15)26-21(29)33-22(2,3)4/h5-10,15H,11-12H2,1-4H3,(H,25,28)(H,26,29). The second-order valence-electron chi connectivity index (χ2n) is 8.60. The van der Waals surface area contributed by atoms with E-state index in [0.29, 0.717) is 0 Å². The van der Waals surface area contributed by atoms with Crippen LogP contribution in [0.4, 0.5) is 20.6 Å². The number of fused-ring (bicyclic) bond motifs is 1. The van der Waals surface area contributed by atoms with Crippen molar-refractivity contribution in [2.24, 2.45) is 0 Å². The number of carbonyl (C=O) groups excluding carboxylic acids is 2. The van der Waals surface area contributed by atoms with Crippen molar-refractivity contribution in [3.63, 3.8) is 0 Å². The molecule has 0 saturated carbocycles. The van der Waals surface area contributed by atoms with Crippen LogP contribution in [0.2, 0.25) is 5.02 Å². The number of sulfonamides is 1. The normalized spacial score (nSPS) is 15.7. The van der Waals surface area contributed by atoms with Crippen molar-refractivity contribution in [3.05, 3.63) is 47.2 Å². The third-order valence-electron chi connectivity index (χ3n) is 4.59. The average molecular weight is 514 g/mol. The van der Waals surface area contributed by atoms with E-state index in [4.69, 9.17) is 21.1 Å². The van der Waals surface area contributed by atoms with Crippen molar-refractivity contribution in [2.45, 2.75) is 44.3 Å². The van der Waals surface area contributed by atoms with Crippen molar-refractivity contribution >= 4 is 45.0 Å². The van der Waals surface area contributed by atoms with Crippen LogP contribution in [0.5, 0.6) is 5.75 Å².